The van der Waals surface area contributed by atoms with Crippen molar-refractivity contribution in [3.8, 4) is 0 Å². The summed E-state index contributed by atoms with van der Waals surface area (Å²) in [7, 11) is 0. The number of amides is 2. The Morgan fingerprint density at radius 2 is 1.68 bits per heavy atom. The number of rotatable bonds is 5. The zero-order chi connectivity index (χ0) is 15.9. The molecule has 0 aliphatic rings. The molecule has 2 N–H and O–H groups in total. The highest BCUT2D eigenvalue weighted by molar-refractivity contribution is 6.05. The summed E-state index contributed by atoms with van der Waals surface area (Å²) in [4.78, 5) is 23.9. The van der Waals surface area contributed by atoms with Crippen molar-refractivity contribution in [2.24, 2.45) is 0 Å². The van der Waals surface area contributed by atoms with Gasteiger partial charge in [0, 0.05) is 23.4 Å². The first kappa shape index (κ1) is 15.5. The number of hydrogen-bond donors (Lipinski definition) is 2. The molecule has 0 aromatic heterocycles. The topological polar surface area (TPSA) is 58.2 Å². The zero-order valence-corrected chi connectivity index (χ0v) is 12.4. The number of anilines is 1. The Hall–Kier alpha value is -2.88. The van der Waals surface area contributed by atoms with E-state index in [0.717, 1.165) is 11.3 Å². The maximum absolute atomic E-state index is 12.2. The molecule has 4 nitrogen and oxygen atoms in total. The van der Waals surface area contributed by atoms with Gasteiger partial charge in [0.25, 0.3) is 11.8 Å². The Bertz CT molecular complexity index is 690. The van der Waals surface area contributed by atoms with E-state index >= 15 is 0 Å². The van der Waals surface area contributed by atoms with Gasteiger partial charge in [-0.05, 0) is 48.9 Å². The molecule has 0 radical (unpaired) electrons. The van der Waals surface area contributed by atoms with Crippen molar-refractivity contribution in [2.75, 3.05) is 11.9 Å². The third-order valence-electron chi connectivity index (χ3n) is 3.09. The van der Waals surface area contributed by atoms with Gasteiger partial charge in [-0.3, -0.25) is 9.59 Å². The Kier molecular flexibility index (Phi) is 5.09. The summed E-state index contributed by atoms with van der Waals surface area (Å²) < 4.78 is 0. The second kappa shape index (κ2) is 7.22. The van der Waals surface area contributed by atoms with Crippen molar-refractivity contribution in [3.05, 3.63) is 77.9 Å². The molecule has 112 valence electrons. The highest BCUT2D eigenvalue weighted by Gasteiger charge is 2.08. The molecule has 0 saturated heterocycles. The molecule has 0 aliphatic heterocycles. The lowest BCUT2D eigenvalue weighted by Crippen LogP contribution is -2.23. The van der Waals surface area contributed by atoms with E-state index in [-0.39, 0.29) is 11.8 Å². The molecule has 0 spiro atoms. The molecule has 4 heteroatoms. The molecule has 0 aliphatic carbocycles. The van der Waals surface area contributed by atoms with Crippen molar-refractivity contribution in [1.29, 1.82) is 0 Å². The van der Waals surface area contributed by atoms with Crippen LogP contribution in [0.15, 0.2) is 61.2 Å². The number of benzene rings is 2. The minimum atomic E-state index is -0.205. The van der Waals surface area contributed by atoms with Gasteiger partial charge in [0.05, 0.1) is 0 Å². The monoisotopic (exact) mass is 294 g/mol. The first-order valence-corrected chi connectivity index (χ1v) is 6.97. The lowest BCUT2D eigenvalue weighted by atomic mass is 10.1. The minimum absolute atomic E-state index is 0.189. The lowest BCUT2D eigenvalue weighted by Gasteiger charge is -2.07. The van der Waals surface area contributed by atoms with E-state index in [0.29, 0.717) is 17.7 Å². The van der Waals surface area contributed by atoms with E-state index in [4.69, 9.17) is 0 Å². The zero-order valence-electron chi connectivity index (χ0n) is 12.4. The summed E-state index contributed by atoms with van der Waals surface area (Å²) in [6.45, 7) is 5.92. The number of hydrogen-bond acceptors (Lipinski definition) is 2. The van der Waals surface area contributed by atoms with Gasteiger partial charge in [0.1, 0.15) is 0 Å². The quantitative estimate of drug-likeness (QED) is 0.832. The van der Waals surface area contributed by atoms with Crippen LogP contribution in [-0.4, -0.2) is 18.4 Å². The van der Waals surface area contributed by atoms with E-state index in [2.05, 4.69) is 17.2 Å². The predicted octanol–water partition coefficient (Wildman–Crippen LogP) is 3.16. The van der Waals surface area contributed by atoms with Gasteiger partial charge in [0.15, 0.2) is 0 Å². The molecule has 2 aromatic carbocycles. The molecule has 0 unspecified atom stereocenters. The summed E-state index contributed by atoms with van der Waals surface area (Å²) in [5, 5.41) is 5.52. The Morgan fingerprint density at radius 3 is 2.27 bits per heavy atom. The normalized spacial score (nSPS) is 9.86. The molecule has 0 saturated carbocycles. The van der Waals surface area contributed by atoms with E-state index in [1.54, 1.807) is 30.3 Å². The number of carbonyl (C=O) groups is 2. The Balaban J connectivity index is 2.05. The van der Waals surface area contributed by atoms with Crippen LogP contribution in [0.4, 0.5) is 5.69 Å². The second-order valence-corrected chi connectivity index (χ2v) is 4.90. The third-order valence-corrected chi connectivity index (χ3v) is 3.09. The third kappa shape index (κ3) is 4.06. The van der Waals surface area contributed by atoms with E-state index in [1.807, 2.05) is 31.2 Å². The average molecular weight is 294 g/mol. The number of carbonyl (C=O) groups excluding carboxylic acids is 2. The molecule has 0 heterocycles. The van der Waals surface area contributed by atoms with Crippen molar-refractivity contribution < 1.29 is 9.59 Å². The fourth-order valence-electron chi connectivity index (χ4n) is 1.97. The average Bonchev–Trinajstić information content (AvgIpc) is 2.52. The first-order chi connectivity index (χ1) is 10.6. The fraction of sp³-hybridized carbons (Fsp3) is 0.111. The first-order valence-electron chi connectivity index (χ1n) is 6.97. The maximum Gasteiger partial charge on any atom is 0.255 e. The molecule has 0 bridgehead atoms. The molecule has 2 aromatic rings. The Morgan fingerprint density at radius 1 is 1.05 bits per heavy atom. The number of aryl methyl sites for hydroxylation is 1. The predicted molar refractivity (Wildman–Crippen MR) is 88.1 cm³/mol. The van der Waals surface area contributed by atoms with E-state index < -0.39 is 0 Å². The molecule has 22 heavy (non-hydrogen) atoms. The number of nitrogens with one attached hydrogen (secondary N) is 2. The van der Waals surface area contributed by atoms with Crippen LogP contribution in [0, 0.1) is 6.92 Å². The molecule has 0 fully saturated rings. The van der Waals surface area contributed by atoms with E-state index in [9.17, 15) is 9.59 Å². The van der Waals surface area contributed by atoms with Crippen LogP contribution in [-0.2, 0) is 0 Å². The molecular weight excluding hydrogens is 276 g/mol. The molecule has 2 rings (SSSR count). The van der Waals surface area contributed by atoms with Crippen LogP contribution in [0.1, 0.15) is 26.3 Å². The van der Waals surface area contributed by atoms with Crippen LogP contribution in [0.25, 0.3) is 0 Å². The second-order valence-electron chi connectivity index (χ2n) is 4.90. The fourth-order valence-corrected chi connectivity index (χ4v) is 1.97. The van der Waals surface area contributed by atoms with Gasteiger partial charge in [0.2, 0.25) is 0 Å². The van der Waals surface area contributed by atoms with Crippen LogP contribution in [0.5, 0.6) is 0 Å². The van der Waals surface area contributed by atoms with Crippen LogP contribution < -0.4 is 10.6 Å². The van der Waals surface area contributed by atoms with Crippen molar-refractivity contribution in [1.82, 2.24) is 5.32 Å². The van der Waals surface area contributed by atoms with E-state index in [1.165, 1.54) is 0 Å². The summed E-state index contributed by atoms with van der Waals surface area (Å²) in [5.74, 6) is -0.394. The SMILES string of the molecule is C=CCNC(=O)c1ccc(C(=O)Nc2cccc(C)c2)cc1. The van der Waals surface area contributed by atoms with Crippen LogP contribution in [0.2, 0.25) is 0 Å². The maximum atomic E-state index is 12.2. The summed E-state index contributed by atoms with van der Waals surface area (Å²) >= 11 is 0. The van der Waals surface area contributed by atoms with Gasteiger partial charge < -0.3 is 10.6 Å². The molecular formula is C18H18N2O2. The smallest absolute Gasteiger partial charge is 0.255 e. The largest absolute Gasteiger partial charge is 0.349 e. The van der Waals surface area contributed by atoms with Gasteiger partial charge in [-0.25, -0.2) is 0 Å². The highest BCUT2D eigenvalue weighted by atomic mass is 16.2. The van der Waals surface area contributed by atoms with Crippen LogP contribution in [0.3, 0.4) is 0 Å². The van der Waals surface area contributed by atoms with Crippen molar-refractivity contribution in [3.63, 3.8) is 0 Å². The summed E-state index contributed by atoms with van der Waals surface area (Å²) in [6, 6.07) is 14.1. The summed E-state index contributed by atoms with van der Waals surface area (Å²) in [5.41, 5.74) is 2.83. The minimum Gasteiger partial charge on any atom is -0.349 e. The van der Waals surface area contributed by atoms with Crippen LogP contribution >= 0.6 is 0 Å². The lowest BCUT2D eigenvalue weighted by molar-refractivity contribution is 0.0956. The van der Waals surface area contributed by atoms with Crippen molar-refractivity contribution in [2.45, 2.75) is 6.92 Å². The summed E-state index contributed by atoms with van der Waals surface area (Å²) in [6.07, 6.45) is 1.61. The van der Waals surface area contributed by atoms with Gasteiger partial charge in [-0.2, -0.15) is 0 Å². The highest BCUT2D eigenvalue weighted by Crippen LogP contribution is 2.12. The van der Waals surface area contributed by atoms with Gasteiger partial charge >= 0.3 is 0 Å². The van der Waals surface area contributed by atoms with Crippen molar-refractivity contribution >= 4 is 17.5 Å². The standard InChI is InChI=1S/C18H18N2O2/c1-3-11-19-17(21)14-7-9-15(10-8-14)18(22)20-16-6-4-5-13(2)12-16/h3-10,12H,1,11H2,2H3,(H,19,21)(H,20,22). The molecule has 2 amide bonds. The van der Waals surface area contributed by atoms with Gasteiger partial charge in [-0.1, -0.05) is 18.2 Å². The van der Waals surface area contributed by atoms with Gasteiger partial charge in [-0.15, -0.1) is 6.58 Å². The Labute approximate surface area is 129 Å². The molecule has 0 atom stereocenters.